The summed E-state index contributed by atoms with van der Waals surface area (Å²) in [4.78, 5) is 0. The van der Waals surface area contributed by atoms with Gasteiger partial charge in [-0.05, 0) is 0 Å². The molecule has 11 heteroatoms. The zero-order valence-electron chi connectivity index (χ0n) is 5.78. The van der Waals surface area contributed by atoms with Crippen molar-refractivity contribution in [2.24, 2.45) is 0 Å². The van der Waals surface area contributed by atoms with Gasteiger partial charge in [-0.3, -0.25) is 0 Å². The van der Waals surface area contributed by atoms with Gasteiger partial charge in [-0.15, -0.1) is 0 Å². The van der Waals surface area contributed by atoms with Crippen molar-refractivity contribution in [3.8, 4) is 0 Å². The van der Waals surface area contributed by atoms with Crippen LogP contribution in [0.2, 0.25) is 0 Å². The molecule has 0 nitrogen and oxygen atoms in total. The summed E-state index contributed by atoms with van der Waals surface area (Å²) in [5.41, 5.74) is 0. The standard InChI is InChI=1S/C4F10.Rb.H/c5-1(6,3(9,10)11)2(7,8)4(12,13)14;;. The molecule has 0 spiro atoms. The van der Waals surface area contributed by atoms with E-state index in [1.54, 1.807) is 0 Å². The molecule has 0 rings (SSSR count). The first-order chi connectivity index (χ1) is 5.75. The van der Waals surface area contributed by atoms with Crippen molar-refractivity contribution >= 4 is 58.2 Å². The summed E-state index contributed by atoms with van der Waals surface area (Å²) in [7, 11) is 0. The van der Waals surface area contributed by atoms with Crippen LogP contribution in [0.5, 0.6) is 0 Å². The average molecular weight is 324 g/mol. The van der Waals surface area contributed by atoms with Crippen molar-refractivity contribution in [3.05, 3.63) is 0 Å². The molecule has 0 aromatic heterocycles. The van der Waals surface area contributed by atoms with E-state index < -0.39 is 24.2 Å². The van der Waals surface area contributed by atoms with Crippen molar-refractivity contribution in [1.29, 1.82) is 0 Å². The van der Waals surface area contributed by atoms with Crippen molar-refractivity contribution < 1.29 is 43.9 Å². The van der Waals surface area contributed by atoms with Gasteiger partial charge >= 0.3 is 82.4 Å². The molecule has 0 bridgehead atoms. The Morgan fingerprint density at radius 1 is 0.400 bits per heavy atom. The van der Waals surface area contributed by atoms with Gasteiger partial charge in [0.2, 0.25) is 0 Å². The summed E-state index contributed by atoms with van der Waals surface area (Å²) < 4.78 is 113. The quantitative estimate of drug-likeness (QED) is 0.651. The van der Waals surface area contributed by atoms with Crippen molar-refractivity contribution in [3.63, 3.8) is 0 Å². The Kier molecular flexibility index (Phi) is 5.87. The molecule has 0 aliphatic heterocycles. The summed E-state index contributed by atoms with van der Waals surface area (Å²) in [6, 6.07) is 0. The van der Waals surface area contributed by atoms with Crippen LogP contribution in [-0.2, 0) is 0 Å². The van der Waals surface area contributed by atoms with Crippen LogP contribution in [0.4, 0.5) is 43.9 Å². The second kappa shape index (κ2) is 4.77. The van der Waals surface area contributed by atoms with E-state index >= 15 is 0 Å². The van der Waals surface area contributed by atoms with Gasteiger partial charge in [-0.1, -0.05) is 0 Å². The van der Waals surface area contributed by atoms with E-state index in [0.29, 0.717) is 0 Å². The second-order valence-corrected chi connectivity index (χ2v) is 2.14. The maximum absolute atomic E-state index is 11.6. The molecule has 0 radical (unpaired) electrons. The zero-order valence-corrected chi connectivity index (χ0v) is 5.78. The number of rotatable bonds is 1. The third-order valence-electron chi connectivity index (χ3n) is 1.11. The van der Waals surface area contributed by atoms with Gasteiger partial charge in [0, 0.05) is 0 Å². The van der Waals surface area contributed by atoms with Gasteiger partial charge in [0.15, 0.2) is 0 Å². The SMILES string of the molecule is FC(F)(F)C(F)(F)C(F)(F)C(F)(F)F.[RbH]. The summed E-state index contributed by atoms with van der Waals surface area (Å²) in [5, 5.41) is 0. The first-order valence-electron chi connectivity index (χ1n) is 2.64. The third kappa shape index (κ3) is 3.28. The molecule has 0 aromatic carbocycles. The molecule has 0 amide bonds. The van der Waals surface area contributed by atoms with E-state index in [2.05, 4.69) is 0 Å². The molecule has 15 heavy (non-hydrogen) atoms. The molecule has 0 aromatic rings. The number of halogens is 10. The number of hydrogen-bond acceptors (Lipinski definition) is 0. The fraction of sp³-hybridized carbons (Fsp3) is 1.00. The molecule has 0 saturated carbocycles. The Labute approximate surface area is 125 Å². The van der Waals surface area contributed by atoms with Crippen molar-refractivity contribution in [2.75, 3.05) is 0 Å². The molecule has 0 heterocycles. The molecular weight excluding hydrogens is 323 g/mol. The average Bonchev–Trinajstić information content (AvgIpc) is 1.81. The summed E-state index contributed by atoms with van der Waals surface area (Å²) in [5.74, 6) is -14.3. The van der Waals surface area contributed by atoms with Gasteiger partial charge < -0.3 is 0 Å². The van der Waals surface area contributed by atoms with Crippen molar-refractivity contribution in [2.45, 2.75) is 24.2 Å². The summed E-state index contributed by atoms with van der Waals surface area (Å²) in [6.45, 7) is 0. The molecular formula is C4HF10Rb. The minimum absolute atomic E-state index is 0. The van der Waals surface area contributed by atoms with Gasteiger partial charge in [0.05, 0.1) is 0 Å². The van der Waals surface area contributed by atoms with Gasteiger partial charge in [0.1, 0.15) is 0 Å². The first-order valence-corrected chi connectivity index (χ1v) is 2.64. The first kappa shape index (κ1) is 18.5. The van der Waals surface area contributed by atoms with E-state index in [0.717, 1.165) is 0 Å². The van der Waals surface area contributed by atoms with E-state index in [4.69, 9.17) is 0 Å². The number of hydrogen-bond donors (Lipinski definition) is 0. The zero-order chi connectivity index (χ0) is 12.0. The summed E-state index contributed by atoms with van der Waals surface area (Å²) in [6.07, 6.45) is -13.9. The topological polar surface area (TPSA) is 0 Å². The minimum atomic E-state index is -7.14. The van der Waals surface area contributed by atoms with Crippen LogP contribution >= 0.6 is 0 Å². The van der Waals surface area contributed by atoms with Crippen LogP contribution in [0.15, 0.2) is 0 Å². The van der Waals surface area contributed by atoms with E-state index in [1.807, 2.05) is 0 Å². The van der Waals surface area contributed by atoms with E-state index in [9.17, 15) is 43.9 Å². The predicted molar refractivity (Wildman–Crippen MR) is 29.2 cm³/mol. The maximum atomic E-state index is 11.6. The Balaban J connectivity index is 0. The molecule has 0 N–H and O–H groups in total. The molecule has 0 fully saturated rings. The molecule has 0 saturated heterocycles. The number of alkyl halides is 10. The summed E-state index contributed by atoms with van der Waals surface area (Å²) >= 11 is 0. The van der Waals surface area contributed by atoms with Crippen LogP contribution in [0.3, 0.4) is 0 Å². The van der Waals surface area contributed by atoms with Crippen LogP contribution in [-0.4, -0.2) is 82.4 Å². The van der Waals surface area contributed by atoms with Gasteiger partial charge in [0.25, 0.3) is 0 Å². The Morgan fingerprint density at radius 3 is 0.600 bits per heavy atom. The normalized spacial score (nSPS) is 14.8. The molecule has 0 aliphatic carbocycles. The third-order valence-corrected chi connectivity index (χ3v) is 1.11. The monoisotopic (exact) mass is 324 g/mol. The van der Waals surface area contributed by atoms with E-state index in [1.165, 1.54) is 0 Å². The second-order valence-electron chi connectivity index (χ2n) is 2.14. The molecule has 0 aliphatic rings. The van der Waals surface area contributed by atoms with Gasteiger partial charge in [-0.25, -0.2) is 0 Å². The van der Waals surface area contributed by atoms with Crippen molar-refractivity contribution in [1.82, 2.24) is 0 Å². The molecule has 88 valence electrons. The predicted octanol–water partition coefficient (Wildman–Crippen LogP) is 2.73. The van der Waals surface area contributed by atoms with Crippen LogP contribution in [0.1, 0.15) is 0 Å². The fourth-order valence-electron chi connectivity index (χ4n) is 0.356. The van der Waals surface area contributed by atoms with Crippen LogP contribution < -0.4 is 0 Å². The van der Waals surface area contributed by atoms with Crippen LogP contribution in [0.25, 0.3) is 0 Å². The Hall–Kier alpha value is 1.11. The van der Waals surface area contributed by atoms with E-state index in [-0.39, 0.29) is 58.2 Å². The van der Waals surface area contributed by atoms with Gasteiger partial charge in [-0.2, -0.15) is 43.9 Å². The van der Waals surface area contributed by atoms with Crippen LogP contribution in [0, 0.1) is 0 Å². The fourth-order valence-corrected chi connectivity index (χ4v) is 0.356. The molecule has 0 atom stereocenters. The molecule has 0 unspecified atom stereocenters. The Morgan fingerprint density at radius 2 is 0.533 bits per heavy atom. The Bertz CT molecular complexity index is 186.